The van der Waals surface area contributed by atoms with Crippen LogP contribution in [0.4, 0.5) is 26.3 Å². The Hall–Kier alpha value is -2.75. The van der Waals surface area contributed by atoms with Gasteiger partial charge in [0.15, 0.2) is 0 Å². The number of alkyl halides is 6. The van der Waals surface area contributed by atoms with Crippen LogP contribution in [-0.2, 0) is 17.5 Å². The predicted molar refractivity (Wildman–Crippen MR) is 104 cm³/mol. The Morgan fingerprint density at radius 2 is 1.75 bits per heavy atom. The summed E-state index contributed by atoms with van der Waals surface area (Å²) in [6.45, 7) is -0.840. The summed E-state index contributed by atoms with van der Waals surface area (Å²) < 4.78 is 77.2. The van der Waals surface area contributed by atoms with E-state index in [9.17, 15) is 35.9 Å². The second-order valence-corrected chi connectivity index (χ2v) is 7.67. The van der Waals surface area contributed by atoms with Gasteiger partial charge in [-0.3, -0.25) is 9.59 Å². The number of nitrogens with zero attached hydrogens (tertiary/aromatic N) is 1. The van der Waals surface area contributed by atoms with Crippen molar-refractivity contribution in [1.29, 1.82) is 0 Å². The average Bonchev–Trinajstić information content (AvgIpc) is 2.95. The van der Waals surface area contributed by atoms with Crippen molar-refractivity contribution < 1.29 is 35.9 Å². The molecular weight excluding hydrogens is 462 g/mol. The fourth-order valence-corrected chi connectivity index (χ4v) is 3.74. The molecule has 0 radical (unpaired) electrons. The maximum atomic E-state index is 13.4. The molecule has 172 valence electrons. The summed E-state index contributed by atoms with van der Waals surface area (Å²) in [6.07, 6.45) is -10.6. The van der Waals surface area contributed by atoms with Gasteiger partial charge in [0.1, 0.15) is 6.04 Å². The topological polar surface area (TPSA) is 49.4 Å². The first kappa shape index (κ1) is 23.9. The molecule has 1 aliphatic rings. The first-order valence-electron chi connectivity index (χ1n) is 9.48. The van der Waals surface area contributed by atoms with E-state index in [1.807, 2.05) is 0 Å². The highest BCUT2D eigenvalue weighted by Crippen LogP contribution is 2.39. The van der Waals surface area contributed by atoms with Gasteiger partial charge in [0.25, 0.3) is 5.91 Å². The summed E-state index contributed by atoms with van der Waals surface area (Å²) in [7, 11) is 0. The Bertz CT molecular complexity index is 1020. The van der Waals surface area contributed by atoms with E-state index in [1.165, 1.54) is 36.4 Å². The Kier molecular flexibility index (Phi) is 6.73. The monoisotopic (exact) mass is 478 g/mol. The molecule has 0 saturated heterocycles. The third-order valence-corrected chi connectivity index (χ3v) is 5.19. The molecule has 1 heterocycles. The van der Waals surface area contributed by atoms with Crippen molar-refractivity contribution in [2.75, 3.05) is 6.54 Å². The van der Waals surface area contributed by atoms with Crippen LogP contribution < -0.4 is 5.32 Å². The third kappa shape index (κ3) is 5.35. The summed E-state index contributed by atoms with van der Waals surface area (Å²) in [5.74, 6) is -1.48. The summed E-state index contributed by atoms with van der Waals surface area (Å²) in [6, 6.07) is 7.44. The fraction of sp³-hybridized carbons (Fsp3) is 0.333. The van der Waals surface area contributed by atoms with Crippen molar-refractivity contribution >= 4 is 23.4 Å². The van der Waals surface area contributed by atoms with Crippen LogP contribution in [0.3, 0.4) is 0 Å². The van der Waals surface area contributed by atoms with Crippen LogP contribution in [0.25, 0.3) is 0 Å². The number of fused-ring (bicyclic) bond motifs is 1. The van der Waals surface area contributed by atoms with Crippen molar-refractivity contribution in [3.8, 4) is 0 Å². The minimum absolute atomic E-state index is 0.0920. The van der Waals surface area contributed by atoms with Gasteiger partial charge in [-0.15, -0.1) is 0 Å². The lowest BCUT2D eigenvalue weighted by molar-refractivity contribution is -0.139. The summed E-state index contributed by atoms with van der Waals surface area (Å²) in [5, 5.41) is 2.54. The normalized spacial score (nSPS) is 16.3. The van der Waals surface area contributed by atoms with E-state index >= 15 is 0 Å². The molecule has 2 aromatic carbocycles. The lowest BCUT2D eigenvalue weighted by Crippen LogP contribution is -2.39. The van der Waals surface area contributed by atoms with Crippen molar-refractivity contribution in [2.24, 2.45) is 0 Å². The molecule has 0 fully saturated rings. The quantitative estimate of drug-likeness (QED) is 0.439. The van der Waals surface area contributed by atoms with E-state index in [0.29, 0.717) is 0 Å². The molecular formula is C21H17ClF6N2O2. The molecule has 2 amide bonds. The molecule has 1 unspecified atom stereocenters. The Balaban J connectivity index is 1.89. The number of carbonyl (C=O) groups excluding carboxylic acids is 2. The van der Waals surface area contributed by atoms with Gasteiger partial charge in [0.05, 0.1) is 5.56 Å². The Morgan fingerprint density at radius 3 is 2.41 bits per heavy atom. The van der Waals surface area contributed by atoms with E-state index in [1.54, 1.807) is 0 Å². The van der Waals surface area contributed by atoms with Crippen LogP contribution in [-0.4, -0.2) is 29.4 Å². The SMILES string of the molecule is O=C(NCCCC(F)(F)F)C1c2cc(Cl)ccc2C(=O)N1Cc1ccccc1C(F)(F)F. The largest absolute Gasteiger partial charge is 0.416 e. The first-order chi connectivity index (χ1) is 14.9. The molecule has 4 nitrogen and oxygen atoms in total. The molecule has 2 aromatic rings. The highest BCUT2D eigenvalue weighted by atomic mass is 35.5. The van der Waals surface area contributed by atoms with Crippen LogP contribution in [0.5, 0.6) is 0 Å². The molecule has 0 saturated carbocycles. The Labute approximate surface area is 184 Å². The number of benzene rings is 2. The van der Waals surface area contributed by atoms with Crippen LogP contribution in [0.1, 0.15) is 45.9 Å². The number of amides is 2. The zero-order valence-electron chi connectivity index (χ0n) is 16.4. The average molecular weight is 479 g/mol. The number of hydrogen-bond acceptors (Lipinski definition) is 2. The second-order valence-electron chi connectivity index (χ2n) is 7.23. The number of nitrogens with one attached hydrogen (secondary N) is 1. The van der Waals surface area contributed by atoms with Crippen LogP contribution in [0.15, 0.2) is 42.5 Å². The summed E-state index contributed by atoms with van der Waals surface area (Å²) in [5.41, 5.74) is -0.900. The van der Waals surface area contributed by atoms with Crippen molar-refractivity contribution in [1.82, 2.24) is 10.2 Å². The molecule has 0 spiro atoms. The van der Waals surface area contributed by atoms with Gasteiger partial charge in [-0.1, -0.05) is 29.8 Å². The van der Waals surface area contributed by atoms with Crippen LogP contribution in [0, 0.1) is 0 Å². The van der Waals surface area contributed by atoms with Gasteiger partial charge in [-0.2, -0.15) is 26.3 Å². The maximum Gasteiger partial charge on any atom is 0.416 e. The van der Waals surface area contributed by atoms with Crippen molar-refractivity contribution in [3.63, 3.8) is 0 Å². The zero-order chi connectivity index (χ0) is 23.7. The summed E-state index contributed by atoms with van der Waals surface area (Å²) >= 11 is 5.98. The lowest BCUT2D eigenvalue weighted by atomic mass is 10.0. The smallest absolute Gasteiger partial charge is 0.354 e. The minimum atomic E-state index is -4.68. The molecule has 0 aromatic heterocycles. The second kappa shape index (κ2) is 9.01. The minimum Gasteiger partial charge on any atom is -0.354 e. The molecule has 3 rings (SSSR count). The van der Waals surface area contributed by atoms with E-state index in [0.717, 1.165) is 11.0 Å². The van der Waals surface area contributed by atoms with E-state index in [2.05, 4.69) is 5.32 Å². The van der Waals surface area contributed by atoms with Crippen LogP contribution >= 0.6 is 11.6 Å². The van der Waals surface area contributed by atoms with Gasteiger partial charge >= 0.3 is 12.4 Å². The van der Waals surface area contributed by atoms with Gasteiger partial charge < -0.3 is 10.2 Å². The van der Waals surface area contributed by atoms with Crippen molar-refractivity contribution in [2.45, 2.75) is 37.8 Å². The van der Waals surface area contributed by atoms with E-state index in [4.69, 9.17) is 11.6 Å². The zero-order valence-corrected chi connectivity index (χ0v) is 17.1. The van der Waals surface area contributed by atoms with Crippen molar-refractivity contribution in [3.05, 3.63) is 69.7 Å². The van der Waals surface area contributed by atoms with Gasteiger partial charge in [0.2, 0.25) is 5.91 Å². The predicted octanol–water partition coefficient (Wildman–Crippen LogP) is 5.51. The molecule has 1 aliphatic heterocycles. The summed E-state index contributed by atoms with van der Waals surface area (Å²) in [4.78, 5) is 26.7. The van der Waals surface area contributed by atoms with E-state index in [-0.39, 0.29) is 34.7 Å². The Morgan fingerprint density at radius 1 is 1.06 bits per heavy atom. The fourth-order valence-electron chi connectivity index (χ4n) is 3.56. The molecule has 0 aliphatic carbocycles. The molecule has 11 heteroatoms. The standard InChI is InChI=1S/C21H17ClF6N2O2/c22-13-6-7-14-15(10-13)17(18(31)29-9-3-8-20(23,24)25)30(19(14)32)11-12-4-1-2-5-16(12)21(26,27)28/h1-2,4-7,10,17H,3,8-9,11H2,(H,29,31). The van der Waals surface area contributed by atoms with E-state index < -0.39 is 48.7 Å². The number of rotatable bonds is 6. The van der Waals surface area contributed by atoms with Crippen LogP contribution in [0.2, 0.25) is 5.02 Å². The molecule has 1 atom stereocenters. The van der Waals surface area contributed by atoms with Gasteiger partial charge in [0, 0.05) is 30.1 Å². The highest BCUT2D eigenvalue weighted by molar-refractivity contribution is 6.31. The molecule has 1 N–H and O–H groups in total. The van der Waals surface area contributed by atoms with Gasteiger partial charge in [-0.25, -0.2) is 0 Å². The molecule has 0 bridgehead atoms. The molecule has 32 heavy (non-hydrogen) atoms. The lowest BCUT2D eigenvalue weighted by Gasteiger charge is -2.26. The maximum absolute atomic E-state index is 13.4. The van der Waals surface area contributed by atoms with Gasteiger partial charge in [-0.05, 0) is 41.8 Å². The number of halogens is 7. The third-order valence-electron chi connectivity index (χ3n) is 4.96. The highest BCUT2D eigenvalue weighted by Gasteiger charge is 2.42. The first-order valence-corrected chi connectivity index (χ1v) is 9.86. The number of carbonyl (C=O) groups is 2. The number of hydrogen-bond donors (Lipinski definition) is 1.